The first-order valence-electron chi connectivity index (χ1n) is 9.96. The van der Waals surface area contributed by atoms with Gasteiger partial charge in [-0.2, -0.15) is 4.31 Å². The van der Waals surface area contributed by atoms with Crippen LogP contribution in [0.15, 0.2) is 82.5 Å². The van der Waals surface area contributed by atoms with Gasteiger partial charge in [0.05, 0.1) is 17.5 Å². The molecule has 4 aromatic rings. The van der Waals surface area contributed by atoms with Gasteiger partial charge in [0.15, 0.2) is 0 Å². The van der Waals surface area contributed by atoms with Crippen LogP contribution >= 0.6 is 0 Å². The third-order valence-electron chi connectivity index (χ3n) is 5.20. The van der Waals surface area contributed by atoms with Gasteiger partial charge >= 0.3 is 0 Å². The average molecular weight is 470 g/mol. The molecule has 0 aliphatic heterocycles. The number of nitrogens with zero attached hydrogens (tertiary/aromatic N) is 1. The van der Waals surface area contributed by atoms with E-state index in [0.717, 1.165) is 16.4 Å². The summed E-state index contributed by atoms with van der Waals surface area (Å²) >= 11 is 0. The standard InChI is InChI=1S/C24H20F2N2O4S/c1-32-21-9-4-17-12-18(24(29)27-23(17)13-21)15-28(14-16-2-5-19(25)6-3-16)33(30,31)22-10-7-20(26)8-11-22/h2-13H,14-15H2,1H3,(H,27,29). The molecule has 0 aliphatic rings. The number of nitrogens with one attached hydrogen (secondary N) is 1. The molecular weight excluding hydrogens is 450 g/mol. The van der Waals surface area contributed by atoms with Crippen LogP contribution in [0.4, 0.5) is 8.78 Å². The third kappa shape index (κ3) is 4.94. The molecule has 0 spiro atoms. The molecule has 33 heavy (non-hydrogen) atoms. The van der Waals surface area contributed by atoms with Crippen LogP contribution in [0.3, 0.4) is 0 Å². The fraction of sp³-hybridized carbons (Fsp3) is 0.125. The lowest BCUT2D eigenvalue weighted by molar-refractivity contribution is 0.399. The molecule has 0 radical (unpaired) electrons. The SMILES string of the molecule is COc1ccc2cc(CN(Cc3ccc(F)cc3)S(=O)(=O)c3ccc(F)cc3)c(=O)[nH]c2c1. The largest absolute Gasteiger partial charge is 0.497 e. The molecule has 1 N–H and O–H groups in total. The average Bonchev–Trinajstić information content (AvgIpc) is 2.80. The molecule has 0 unspecified atom stereocenters. The normalized spacial score (nSPS) is 11.8. The Labute approximate surface area is 189 Å². The fourth-order valence-electron chi connectivity index (χ4n) is 3.43. The molecular formula is C24H20F2N2O4S. The van der Waals surface area contributed by atoms with E-state index in [2.05, 4.69) is 4.98 Å². The van der Waals surface area contributed by atoms with Gasteiger partial charge in [0.2, 0.25) is 10.0 Å². The Bertz CT molecular complexity index is 1450. The van der Waals surface area contributed by atoms with Gasteiger partial charge in [-0.25, -0.2) is 17.2 Å². The number of pyridine rings is 1. The van der Waals surface area contributed by atoms with Crippen molar-refractivity contribution in [2.24, 2.45) is 0 Å². The Balaban J connectivity index is 1.76. The number of methoxy groups -OCH3 is 1. The minimum Gasteiger partial charge on any atom is -0.497 e. The molecule has 6 nitrogen and oxygen atoms in total. The molecule has 4 rings (SSSR count). The molecule has 0 bridgehead atoms. The molecule has 0 atom stereocenters. The number of ether oxygens (including phenoxy) is 1. The monoisotopic (exact) mass is 470 g/mol. The smallest absolute Gasteiger partial charge is 0.252 e. The molecule has 0 aliphatic carbocycles. The summed E-state index contributed by atoms with van der Waals surface area (Å²) in [7, 11) is -2.59. The van der Waals surface area contributed by atoms with Gasteiger partial charge in [-0.1, -0.05) is 12.1 Å². The Morgan fingerprint density at radius 1 is 0.879 bits per heavy atom. The molecule has 0 fully saturated rings. The summed E-state index contributed by atoms with van der Waals surface area (Å²) < 4.78 is 59.7. The van der Waals surface area contributed by atoms with Crippen molar-refractivity contribution in [2.45, 2.75) is 18.0 Å². The van der Waals surface area contributed by atoms with Gasteiger partial charge in [-0.15, -0.1) is 0 Å². The summed E-state index contributed by atoms with van der Waals surface area (Å²) in [5.74, 6) is -0.448. The van der Waals surface area contributed by atoms with E-state index in [0.29, 0.717) is 22.2 Å². The first-order valence-corrected chi connectivity index (χ1v) is 11.4. The third-order valence-corrected chi connectivity index (χ3v) is 7.01. The maximum atomic E-state index is 13.4. The van der Waals surface area contributed by atoms with Crippen LogP contribution in [-0.4, -0.2) is 24.8 Å². The van der Waals surface area contributed by atoms with Crippen LogP contribution in [-0.2, 0) is 23.1 Å². The zero-order chi connectivity index (χ0) is 23.6. The molecule has 3 aromatic carbocycles. The second-order valence-electron chi connectivity index (χ2n) is 7.43. The lowest BCUT2D eigenvalue weighted by Crippen LogP contribution is -2.32. The summed E-state index contributed by atoms with van der Waals surface area (Å²) in [6.45, 7) is -0.353. The number of rotatable bonds is 7. The highest BCUT2D eigenvalue weighted by atomic mass is 32.2. The number of halogens is 2. The molecule has 0 saturated carbocycles. The number of fused-ring (bicyclic) bond motifs is 1. The van der Waals surface area contributed by atoms with Crippen molar-refractivity contribution >= 4 is 20.9 Å². The highest BCUT2D eigenvalue weighted by molar-refractivity contribution is 7.89. The molecule has 170 valence electrons. The highest BCUT2D eigenvalue weighted by Gasteiger charge is 2.26. The Hall–Kier alpha value is -3.56. The number of aromatic amines is 1. The van der Waals surface area contributed by atoms with Crippen molar-refractivity contribution in [1.82, 2.24) is 9.29 Å². The van der Waals surface area contributed by atoms with Crippen LogP contribution in [0.5, 0.6) is 5.75 Å². The van der Waals surface area contributed by atoms with E-state index in [1.807, 2.05) is 0 Å². The van der Waals surface area contributed by atoms with Crippen molar-refractivity contribution in [2.75, 3.05) is 7.11 Å². The number of H-pyrrole nitrogens is 1. The van der Waals surface area contributed by atoms with Crippen molar-refractivity contribution < 1.29 is 21.9 Å². The molecule has 0 saturated heterocycles. The first kappa shape index (κ1) is 22.6. The summed E-state index contributed by atoms with van der Waals surface area (Å²) in [6, 6.07) is 16.6. The molecule has 1 aromatic heterocycles. The van der Waals surface area contributed by atoms with Crippen LogP contribution in [0.1, 0.15) is 11.1 Å². The van der Waals surface area contributed by atoms with Crippen LogP contribution < -0.4 is 10.3 Å². The summed E-state index contributed by atoms with van der Waals surface area (Å²) in [6.07, 6.45) is 0. The molecule has 9 heteroatoms. The van der Waals surface area contributed by atoms with Gasteiger partial charge in [-0.3, -0.25) is 4.79 Å². The molecule has 0 amide bonds. The lowest BCUT2D eigenvalue weighted by atomic mass is 10.1. The minimum absolute atomic E-state index is 0.111. The van der Waals surface area contributed by atoms with E-state index >= 15 is 0 Å². The van der Waals surface area contributed by atoms with Crippen LogP contribution in [0.2, 0.25) is 0 Å². The zero-order valence-electron chi connectivity index (χ0n) is 17.6. The minimum atomic E-state index is -4.10. The Morgan fingerprint density at radius 2 is 1.52 bits per heavy atom. The van der Waals surface area contributed by atoms with Gasteiger partial charge in [0.25, 0.3) is 5.56 Å². The summed E-state index contributed by atoms with van der Waals surface area (Å²) in [5, 5.41) is 0.700. The lowest BCUT2D eigenvalue weighted by Gasteiger charge is -2.22. The van der Waals surface area contributed by atoms with Gasteiger partial charge < -0.3 is 9.72 Å². The second kappa shape index (κ2) is 9.13. The van der Waals surface area contributed by atoms with E-state index in [9.17, 15) is 22.0 Å². The highest BCUT2D eigenvalue weighted by Crippen LogP contribution is 2.23. The predicted molar refractivity (Wildman–Crippen MR) is 120 cm³/mol. The summed E-state index contributed by atoms with van der Waals surface area (Å²) in [5.41, 5.74) is 0.855. The van der Waals surface area contributed by atoms with E-state index in [4.69, 9.17) is 4.74 Å². The van der Waals surface area contributed by atoms with Crippen LogP contribution in [0.25, 0.3) is 10.9 Å². The van der Waals surface area contributed by atoms with Crippen LogP contribution in [0, 0.1) is 11.6 Å². The number of hydrogen-bond acceptors (Lipinski definition) is 4. The van der Waals surface area contributed by atoms with Gasteiger partial charge in [-0.05, 0) is 65.5 Å². The number of benzene rings is 3. The van der Waals surface area contributed by atoms with Crippen molar-refractivity contribution in [3.8, 4) is 5.75 Å². The quantitative estimate of drug-likeness (QED) is 0.439. The maximum absolute atomic E-state index is 13.4. The molecule has 1 heterocycles. The maximum Gasteiger partial charge on any atom is 0.252 e. The van der Waals surface area contributed by atoms with E-state index in [1.54, 1.807) is 24.3 Å². The number of aromatic nitrogens is 1. The summed E-state index contributed by atoms with van der Waals surface area (Å²) in [4.78, 5) is 15.4. The number of sulfonamides is 1. The van der Waals surface area contributed by atoms with Crippen molar-refractivity contribution in [3.05, 3.63) is 106 Å². The zero-order valence-corrected chi connectivity index (χ0v) is 18.4. The fourth-order valence-corrected chi connectivity index (χ4v) is 4.84. The van der Waals surface area contributed by atoms with Crippen molar-refractivity contribution in [1.29, 1.82) is 0 Å². The Morgan fingerprint density at radius 3 is 2.15 bits per heavy atom. The number of hydrogen-bond donors (Lipinski definition) is 1. The first-order chi connectivity index (χ1) is 15.8. The van der Waals surface area contributed by atoms with Gasteiger partial charge in [0.1, 0.15) is 17.4 Å². The van der Waals surface area contributed by atoms with Crippen molar-refractivity contribution in [3.63, 3.8) is 0 Å². The van der Waals surface area contributed by atoms with Gasteiger partial charge in [0, 0.05) is 24.7 Å². The second-order valence-corrected chi connectivity index (χ2v) is 9.37. The van der Waals surface area contributed by atoms with E-state index in [-0.39, 0.29) is 23.5 Å². The predicted octanol–water partition coefficient (Wildman–Crippen LogP) is 4.21. The van der Waals surface area contributed by atoms with E-state index < -0.39 is 27.2 Å². The Kier molecular flexibility index (Phi) is 6.26. The van der Waals surface area contributed by atoms with E-state index in [1.165, 1.54) is 43.5 Å². The topological polar surface area (TPSA) is 79.5 Å².